The Morgan fingerprint density at radius 2 is 2.00 bits per heavy atom. The predicted octanol–water partition coefficient (Wildman–Crippen LogP) is 2.57. The first kappa shape index (κ1) is 9.90. The highest BCUT2D eigenvalue weighted by Gasteiger charge is 2.09. The summed E-state index contributed by atoms with van der Waals surface area (Å²) >= 11 is 0. The molecule has 0 saturated carbocycles. The van der Waals surface area contributed by atoms with E-state index in [-0.39, 0.29) is 18.0 Å². The van der Waals surface area contributed by atoms with Gasteiger partial charge in [-0.3, -0.25) is 4.79 Å². The van der Waals surface area contributed by atoms with Crippen molar-refractivity contribution in [2.75, 3.05) is 0 Å². The number of aryl methyl sites for hydroxylation is 1. The minimum absolute atomic E-state index is 0.00685. The number of hydrogen-bond acceptors (Lipinski definition) is 1. The molecular formula is C11H13FO. The number of carbonyl (C=O) groups is 1. The fourth-order valence-electron chi connectivity index (χ4n) is 1.31. The Bertz CT molecular complexity index is 342. The van der Waals surface area contributed by atoms with Crippen LogP contribution in [-0.4, -0.2) is 5.78 Å². The van der Waals surface area contributed by atoms with Gasteiger partial charge in [0.05, 0.1) is 0 Å². The Hall–Kier alpha value is -1.18. The molecule has 13 heavy (non-hydrogen) atoms. The second-order valence-corrected chi connectivity index (χ2v) is 3.35. The van der Waals surface area contributed by atoms with E-state index >= 15 is 0 Å². The van der Waals surface area contributed by atoms with Gasteiger partial charge in [-0.1, -0.05) is 6.07 Å². The van der Waals surface area contributed by atoms with Crippen molar-refractivity contribution in [1.82, 2.24) is 0 Å². The van der Waals surface area contributed by atoms with Crippen LogP contribution in [-0.2, 0) is 11.2 Å². The lowest BCUT2D eigenvalue weighted by Crippen LogP contribution is -2.03. The lowest BCUT2D eigenvalue weighted by molar-refractivity contribution is -0.116. The van der Waals surface area contributed by atoms with Gasteiger partial charge in [-0.2, -0.15) is 0 Å². The maximum atomic E-state index is 13.2. The molecule has 0 saturated heterocycles. The molecule has 1 aromatic carbocycles. The van der Waals surface area contributed by atoms with Gasteiger partial charge in [-0.05, 0) is 43.5 Å². The average Bonchev–Trinajstić information content (AvgIpc) is 2.05. The third kappa shape index (κ3) is 2.14. The highest BCUT2D eigenvalue weighted by molar-refractivity contribution is 5.78. The molecule has 0 atom stereocenters. The molecule has 0 amide bonds. The summed E-state index contributed by atoms with van der Waals surface area (Å²) in [5.74, 6) is -0.286. The molecule has 1 nitrogen and oxygen atoms in total. The molecule has 0 aliphatic rings. The first-order valence-corrected chi connectivity index (χ1v) is 4.26. The minimum atomic E-state index is -0.279. The number of benzene rings is 1. The summed E-state index contributed by atoms with van der Waals surface area (Å²) in [5.41, 5.74) is 2.44. The molecule has 0 heterocycles. The van der Waals surface area contributed by atoms with Gasteiger partial charge in [0.15, 0.2) is 0 Å². The molecule has 2 heteroatoms. The minimum Gasteiger partial charge on any atom is -0.300 e. The second kappa shape index (κ2) is 3.69. The molecule has 1 rings (SSSR count). The van der Waals surface area contributed by atoms with E-state index in [1.54, 1.807) is 6.07 Å². The molecule has 0 N–H and O–H groups in total. The van der Waals surface area contributed by atoms with Crippen LogP contribution in [0.3, 0.4) is 0 Å². The third-order valence-electron chi connectivity index (χ3n) is 2.24. The largest absolute Gasteiger partial charge is 0.300 e. The third-order valence-corrected chi connectivity index (χ3v) is 2.24. The molecule has 70 valence electrons. The zero-order valence-electron chi connectivity index (χ0n) is 8.15. The summed E-state index contributed by atoms with van der Waals surface area (Å²) < 4.78 is 13.2. The van der Waals surface area contributed by atoms with Crippen LogP contribution in [0.2, 0.25) is 0 Å². The van der Waals surface area contributed by atoms with E-state index in [9.17, 15) is 9.18 Å². The molecule has 0 unspecified atom stereocenters. The molecule has 0 fully saturated rings. The molecule has 0 aromatic heterocycles. The first-order chi connectivity index (χ1) is 6.02. The molecular weight excluding hydrogens is 167 g/mol. The monoisotopic (exact) mass is 180 g/mol. The Balaban J connectivity index is 3.17. The van der Waals surface area contributed by atoms with Crippen molar-refractivity contribution in [3.05, 3.63) is 34.6 Å². The van der Waals surface area contributed by atoms with Crippen LogP contribution in [0, 0.1) is 19.7 Å². The van der Waals surface area contributed by atoms with Crippen molar-refractivity contribution >= 4 is 5.78 Å². The fourth-order valence-corrected chi connectivity index (χ4v) is 1.31. The van der Waals surface area contributed by atoms with E-state index < -0.39 is 0 Å². The van der Waals surface area contributed by atoms with Crippen LogP contribution in [0.4, 0.5) is 4.39 Å². The zero-order chi connectivity index (χ0) is 10.0. The van der Waals surface area contributed by atoms with Crippen molar-refractivity contribution in [1.29, 1.82) is 0 Å². The molecule has 1 aromatic rings. The van der Waals surface area contributed by atoms with Gasteiger partial charge in [-0.25, -0.2) is 4.39 Å². The summed E-state index contributed by atoms with van der Waals surface area (Å²) in [7, 11) is 0. The van der Waals surface area contributed by atoms with Crippen molar-refractivity contribution in [2.24, 2.45) is 0 Å². The molecule has 0 radical (unpaired) electrons. The Labute approximate surface area is 77.6 Å². The van der Waals surface area contributed by atoms with Crippen molar-refractivity contribution in [3.63, 3.8) is 0 Å². The maximum Gasteiger partial charge on any atom is 0.134 e. The van der Waals surface area contributed by atoms with Gasteiger partial charge in [0.25, 0.3) is 0 Å². The molecule has 0 spiro atoms. The first-order valence-electron chi connectivity index (χ1n) is 4.26. The van der Waals surface area contributed by atoms with Crippen LogP contribution in [0.5, 0.6) is 0 Å². The van der Waals surface area contributed by atoms with Crippen LogP contribution < -0.4 is 0 Å². The SMILES string of the molecule is CC(=O)Cc1c(F)ccc(C)c1C. The predicted molar refractivity (Wildman–Crippen MR) is 50.3 cm³/mol. The Morgan fingerprint density at radius 3 is 2.54 bits per heavy atom. The zero-order valence-corrected chi connectivity index (χ0v) is 8.15. The van der Waals surface area contributed by atoms with Gasteiger partial charge in [0, 0.05) is 6.42 Å². The number of halogens is 1. The summed E-state index contributed by atoms with van der Waals surface area (Å²) in [4.78, 5) is 10.9. The number of carbonyl (C=O) groups excluding carboxylic acids is 1. The number of Topliss-reactive ketones (excluding diaryl/α,β-unsaturated/α-hetero) is 1. The smallest absolute Gasteiger partial charge is 0.134 e. The fraction of sp³-hybridized carbons (Fsp3) is 0.364. The van der Waals surface area contributed by atoms with Gasteiger partial charge in [-0.15, -0.1) is 0 Å². The van der Waals surface area contributed by atoms with E-state index in [1.807, 2.05) is 13.8 Å². The van der Waals surface area contributed by atoms with Gasteiger partial charge >= 0.3 is 0 Å². The van der Waals surface area contributed by atoms with Crippen LogP contribution in [0.1, 0.15) is 23.6 Å². The molecule has 0 bridgehead atoms. The summed E-state index contributed by atoms with van der Waals surface area (Å²) in [6.07, 6.45) is 0.194. The summed E-state index contributed by atoms with van der Waals surface area (Å²) in [5, 5.41) is 0. The van der Waals surface area contributed by atoms with E-state index in [1.165, 1.54) is 13.0 Å². The standard InChI is InChI=1S/C11H13FO/c1-7-4-5-11(12)10(9(7)3)6-8(2)13/h4-5H,6H2,1-3H3. The van der Waals surface area contributed by atoms with E-state index in [2.05, 4.69) is 0 Å². The highest BCUT2D eigenvalue weighted by atomic mass is 19.1. The van der Waals surface area contributed by atoms with Crippen LogP contribution in [0.25, 0.3) is 0 Å². The maximum absolute atomic E-state index is 13.2. The van der Waals surface area contributed by atoms with Crippen molar-refractivity contribution in [3.8, 4) is 0 Å². The summed E-state index contributed by atoms with van der Waals surface area (Å²) in [6.45, 7) is 5.23. The quantitative estimate of drug-likeness (QED) is 0.683. The number of ketones is 1. The van der Waals surface area contributed by atoms with Gasteiger partial charge in [0.2, 0.25) is 0 Å². The van der Waals surface area contributed by atoms with E-state index in [0.717, 1.165) is 11.1 Å². The van der Waals surface area contributed by atoms with Crippen LogP contribution in [0.15, 0.2) is 12.1 Å². The van der Waals surface area contributed by atoms with E-state index in [0.29, 0.717) is 5.56 Å². The lowest BCUT2D eigenvalue weighted by Gasteiger charge is -2.07. The molecule has 0 aliphatic carbocycles. The van der Waals surface area contributed by atoms with Gasteiger partial charge < -0.3 is 0 Å². The second-order valence-electron chi connectivity index (χ2n) is 3.35. The topological polar surface area (TPSA) is 17.1 Å². The van der Waals surface area contributed by atoms with Crippen LogP contribution >= 0.6 is 0 Å². The van der Waals surface area contributed by atoms with Gasteiger partial charge in [0.1, 0.15) is 11.6 Å². The van der Waals surface area contributed by atoms with Crippen molar-refractivity contribution < 1.29 is 9.18 Å². The number of hydrogen-bond donors (Lipinski definition) is 0. The summed E-state index contributed by atoms with van der Waals surface area (Å²) in [6, 6.07) is 3.15. The lowest BCUT2D eigenvalue weighted by atomic mass is 9.99. The normalized spacial score (nSPS) is 10.2. The van der Waals surface area contributed by atoms with E-state index in [4.69, 9.17) is 0 Å². The Morgan fingerprint density at radius 1 is 1.38 bits per heavy atom. The van der Waals surface area contributed by atoms with Crippen molar-refractivity contribution in [2.45, 2.75) is 27.2 Å². The average molecular weight is 180 g/mol. The number of rotatable bonds is 2. The Kier molecular flexibility index (Phi) is 2.81. The highest BCUT2D eigenvalue weighted by Crippen LogP contribution is 2.17. The molecule has 0 aliphatic heterocycles.